The Bertz CT molecular complexity index is 2060. The third-order valence-corrected chi connectivity index (χ3v) is 22.9. The fraction of sp³-hybridized carbons (Fsp3) is 0.955. The van der Waals surface area contributed by atoms with Crippen molar-refractivity contribution in [3.05, 3.63) is 0 Å². The smallest absolute Gasteiger partial charge is 0.462 e. The molecule has 0 aromatic rings. The molecule has 0 fully saturated rings. The van der Waals surface area contributed by atoms with E-state index in [4.69, 9.17) is 37.0 Å². The molecule has 0 saturated heterocycles. The highest BCUT2D eigenvalue weighted by Crippen LogP contribution is 2.45. The van der Waals surface area contributed by atoms with Crippen LogP contribution in [0.5, 0.6) is 0 Å². The Labute approximate surface area is 664 Å². The molecule has 19 heteroatoms. The van der Waals surface area contributed by atoms with Gasteiger partial charge in [-0.05, 0) is 37.5 Å². The minimum Gasteiger partial charge on any atom is -0.462 e. The lowest BCUT2D eigenvalue weighted by Gasteiger charge is -2.21. The summed E-state index contributed by atoms with van der Waals surface area (Å²) in [4.78, 5) is 73.3. The van der Waals surface area contributed by atoms with Crippen LogP contribution in [0.3, 0.4) is 0 Å². The highest BCUT2D eigenvalue weighted by Gasteiger charge is 2.31. The lowest BCUT2D eigenvalue weighted by Crippen LogP contribution is -2.30. The highest BCUT2D eigenvalue weighted by atomic mass is 31.2. The molecule has 0 heterocycles. The van der Waals surface area contributed by atoms with Crippen LogP contribution in [-0.4, -0.2) is 96.7 Å². The first-order valence-corrected chi connectivity index (χ1v) is 49.0. The topological polar surface area (TPSA) is 237 Å². The minimum absolute atomic E-state index is 0.108. The molecule has 0 spiro atoms. The molecule has 0 aliphatic heterocycles. The molecule has 0 amide bonds. The molecule has 0 bridgehead atoms. The number of unbranched alkanes of at least 4 members (excludes halogenated alkanes) is 58. The van der Waals surface area contributed by atoms with E-state index in [0.717, 1.165) is 102 Å². The van der Waals surface area contributed by atoms with Crippen LogP contribution in [0.25, 0.3) is 0 Å². The van der Waals surface area contributed by atoms with Gasteiger partial charge in [0, 0.05) is 25.7 Å². The molecule has 0 aliphatic rings. The number of hydrogen-bond donors (Lipinski definition) is 3. The van der Waals surface area contributed by atoms with E-state index in [1.165, 1.54) is 289 Å². The third kappa shape index (κ3) is 82.1. The fourth-order valence-electron chi connectivity index (χ4n) is 14.0. The number of hydrogen-bond acceptors (Lipinski definition) is 15. The molecular weight excluding hydrogens is 1400 g/mol. The van der Waals surface area contributed by atoms with E-state index in [0.29, 0.717) is 31.6 Å². The molecule has 3 N–H and O–H groups in total. The van der Waals surface area contributed by atoms with E-state index in [9.17, 15) is 43.2 Å². The zero-order chi connectivity index (χ0) is 79.2. The van der Waals surface area contributed by atoms with Crippen molar-refractivity contribution in [3.8, 4) is 0 Å². The second-order valence-corrected chi connectivity index (χ2v) is 35.8. The first-order chi connectivity index (χ1) is 52.4. The van der Waals surface area contributed by atoms with Crippen molar-refractivity contribution in [1.82, 2.24) is 0 Å². The summed E-state index contributed by atoms with van der Waals surface area (Å²) in [6.45, 7) is 9.64. The van der Waals surface area contributed by atoms with E-state index >= 15 is 0 Å². The second-order valence-electron chi connectivity index (χ2n) is 32.9. The Hall–Kier alpha value is -1.94. The monoisotopic (exact) mass is 1580 g/mol. The van der Waals surface area contributed by atoms with Crippen molar-refractivity contribution in [3.63, 3.8) is 0 Å². The van der Waals surface area contributed by atoms with Crippen LogP contribution in [0.4, 0.5) is 0 Å². The molecule has 108 heavy (non-hydrogen) atoms. The number of phosphoric ester groups is 2. The third-order valence-electron chi connectivity index (χ3n) is 21.0. The molecular formula is C89H174O17P2. The first-order valence-electron chi connectivity index (χ1n) is 46.0. The average molecular weight is 1580 g/mol. The van der Waals surface area contributed by atoms with E-state index in [1.807, 2.05) is 0 Å². The summed E-state index contributed by atoms with van der Waals surface area (Å²) in [5, 5.41) is 10.7. The zero-order valence-corrected chi connectivity index (χ0v) is 73.0. The van der Waals surface area contributed by atoms with Crippen LogP contribution in [0.15, 0.2) is 0 Å². The maximum Gasteiger partial charge on any atom is 0.472 e. The Morgan fingerprint density at radius 2 is 0.426 bits per heavy atom. The zero-order valence-electron chi connectivity index (χ0n) is 71.2. The van der Waals surface area contributed by atoms with Gasteiger partial charge in [-0.25, -0.2) is 9.13 Å². The van der Waals surface area contributed by atoms with Gasteiger partial charge in [0.1, 0.15) is 19.3 Å². The highest BCUT2D eigenvalue weighted by molar-refractivity contribution is 7.47. The Morgan fingerprint density at radius 1 is 0.250 bits per heavy atom. The summed E-state index contributed by atoms with van der Waals surface area (Å²) in [6.07, 6.45) is 73.9. The summed E-state index contributed by atoms with van der Waals surface area (Å²) >= 11 is 0. The number of carbonyl (C=O) groups excluding carboxylic acids is 4. The molecule has 0 aliphatic carbocycles. The Morgan fingerprint density at radius 3 is 0.630 bits per heavy atom. The van der Waals surface area contributed by atoms with Crippen molar-refractivity contribution in [2.45, 2.75) is 496 Å². The predicted octanol–water partition coefficient (Wildman–Crippen LogP) is 27.4. The number of carbonyl (C=O) groups is 4. The quantitative estimate of drug-likeness (QED) is 0.0222. The fourth-order valence-corrected chi connectivity index (χ4v) is 15.5. The summed E-state index contributed by atoms with van der Waals surface area (Å²) in [5.41, 5.74) is 0. The van der Waals surface area contributed by atoms with Crippen molar-refractivity contribution in [1.29, 1.82) is 0 Å². The SMILES string of the molecule is CCCCCCCCCCCCCCCCCCCCCCC(=O)OC[C@H](COP(=O)(O)OC[C@@H](O)COP(=O)(O)OC[C@@H](COC(=O)CCCCCCCCC(C)C)OC(=O)CCCCCCCCCCCCCCCCCCCC)OC(=O)CCCCCCCCCCCCCCCCCCCCC(C)C. The minimum atomic E-state index is -4.97. The largest absolute Gasteiger partial charge is 0.472 e. The van der Waals surface area contributed by atoms with Crippen molar-refractivity contribution >= 4 is 39.5 Å². The van der Waals surface area contributed by atoms with Gasteiger partial charge >= 0.3 is 39.5 Å². The molecule has 0 aromatic carbocycles. The number of aliphatic hydroxyl groups is 1. The number of rotatable bonds is 88. The van der Waals surface area contributed by atoms with Gasteiger partial charge in [-0.3, -0.25) is 37.3 Å². The molecule has 0 rings (SSSR count). The van der Waals surface area contributed by atoms with Crippen LogP contribution in [0.2, 0.25) is 0 Å². The van der Waals surface area contributed by atoms with Gasteiger partial charge in [0.05, 0.1) is 26.4 Å². The van der Waals surface area contributed by atoms with Crippen molar-refractivity contribution in [2.75, 3.05) is 39.6 Å². The lowest BCUT2D eigenvalue weighted by molar-refractivity contribution is -0.161. The lowest BCUT2D eigenvalue weighted by atomic mass is 10.0. The van der Waals surface area contributed by atoms with Gasteiger partial charge in [0.2, 0.25) is 0 Å². The van der Waals surface area contributed by atoms with Crippen LogP contribution in [0.1, 0.15) is 478 Å². The van der Waals surface area contributed by atoms with E-state index in [-0.39, 0.29) is 25.7 Å². The maximum absolute atomic E-state index is 13.2. The van der Waals surface area contributed by atoms with Gasteiger partial charge in [-0.1, -0.05) is 427 Å². The average Bonchev–Trinajstić information content (AvgIpc) is 0.900. The van der Waals surface area contributed by atoms with Gasteiger partial charge < -0.3 is 33.8 Å². The molecule has 5 atom stereocenters. The predicted molar refractivity (Wildman–Crippen MR) is 446 cm³/mol. The molecule has 17 nitrogen and oxygen atoms in total. The molecule has 0 saturated carbocycles. The van der Waals surface area contributed by atoms with Crippen molar-refractivity contribution in [2.24, 2.45) is 11.8 Å². The normalized spacial score (nSPS) is 13.8. The van der Waals surface area contributed by atoms with Crippen LogP contribution in [-0.2, 0) is 65.4 Å². The van der Waals surface area contributed by atoms with E-state index in [1.54, 1.807) is 0 Å². The Kier molecular flexibility index (Phi) is 78.8. The number of ether oxygens (including phenoxy) is 4. The second kappa shape index (κ2) is 80.3. The van der Waals surface area contributed by atoms with Crippen LogP contribution >= 0.6 is 15.6 Å². The first kappa shape index (κ1) is 106. The summed E-state index contributed by atoms with van der Waals surface area (Å²) < 4.78 is 68.9. The van der Waals surface area contributed by atoms with Gasteiger partial charge in [-0.2, -0.15) is 0 Å². The summed E-state index contributed by atoms with van der Waals surface area (Å²) in [7, 11) is -9.93. The standard InChI is InChI=1S/C89H174O17P2/c1-7-9-11-13-15-17-19-21-23-25-27-28-33-36-40-44-48-52-59-65-71-86(91)99-77-84(105-88(93)73-67-62-54-50-46-42-38-34-30-29-31-35-39-43-47-51-57-63-69-81(3)4)79-103-107(95,96)101-75-83(90)76-102-108(97,98)104-80-85(78-100-87(92)72-66-60-56-55-58-64-70-82(5)6)106-89(94)74-68-61-53-49-45-41-37-32-26-24-22-20-18-16-14-12-10-8-2/h81-85,90H,7-80H2,1-6H3,(H,95,96)(H,97,98)/t83-,84-,85-/m1/s1. The molecule has 0 radical (unpaired) electrons. The molecule has 642 valence electrons. The van der Waals surface area contributed by atoms with Gasteiger partial charge in [0.15, 0.2) is 12.2 Å². The van der Waals surface area contributed by atoms with Crippen LogP contribution < -0.4 is 0 Å². The van der Waals surface area contributed by atoms with Gasteiger partial charge in [-0.15, -0.1) is 0 Å². The number of aliphatic hydroxyl groups excluding tert-OH is 1. The van der Waals surface area contributed by atoms with Gasteiger partial charge in [0.25, 0.3) is 0 Å². The summed E-state index contributed by atoms with van der Waals surface area (Å²) in [5.74, 6) is -0.602. The molecule has 0 aromatic heterocycles. The van der Waals surface area contributed by atoms with E-state index in [2.05, 4.69) is 41.5 Å². The Balaban J connectivity index is 5.20. The maximum atomic E-state index is 13.2. The van der Waals surface area contributed by atoms with E-state index < -0.39 is 97.5 Å². The molecule has 2 unspecified atom stereocenters. The van der Waals surface area contributed by atoms with Crippen LogP contribution in [0, 0.1) is 11.8 Å². The number of esters is 4. The van der Waals surface area contributed by atoms with Crippen molar-refractivity contribution < 1.29 is 80.2 Å². The summed E-state index contributed by atoms with van der Waals surface area (Å²) in [6, 6.07) is 0. The number of phosphoric acid groups is 2.